The van der Waals surface area contributed by atoms with Gasteiger partial charge in [-0.05, 0) is 48.9 Å². The van der Waals surface area contributed by atoms with Crippen LogP contribution in [0.5, 0.6) is 0 Å². The highest BCUT2D eigenvalue weighted by atomic mass is 32.2. The molecule has 0 bridgehead atoms. The lowest BCUT2D eigenvalue weighted by Gasteiger charge is -2.11. The third-order valence-electron chi connectivity index (χ3n) is 4.22. The van der Waals surface area contributed by atoms with Crippen molar-refractivity contribution in [1.29, 1.82) is 0 Å². The molecule has 0 aromatic heterocycles. The van der Waals surface area contributed by atoms with E-state index in [0.717, 1.165) is 5.56 Å². The molecular formula is C20H19N3O6S2. The second-order valence-electron chi connectivity index (χ2n) is 6.78. The monoisotopic (exact) mass is 461 g/mol. The Bertz CT molecular complexity index is 1300. The van der Waals surface area contributed by atoms with Gasteiger partial charge in [0.05, 0.1) is 15.6 Å². The molecule has 0 radical (unpaired) electrons. The summed E-state index contributed by atoms with van der Waals surface area (Å²) in [6.07, 6.45) is 0. The molecule has 3 rings (SSSR count). The Balaban J connectivity index is 1.71. The molecule has 3 aromatic carbocycles. The minimum Gasteiger partial charge on any atom is -0.283 e. The molecule has 0 amide bonds. The lowest BCUT2D eigenvalue weighted by atomic mass is 10.2. The fourth-order valence-electron chi connectivity index (χ4n) is 2.73. The molecule has 0 aliphatic rings. The molecule has 162 valence electrons. The molecule has 2 N–H and O–H groups in total. The summed E-state index contributed by atoms with van der Waals surface area (Å²) < 4.78 is 54.6. The first-order valence-corrected chi connectivity index (χ1v) is 12.1. The predicted octanol–water partition coefficient (Wildman–Crippen LogP) is 3.65. The standard InChI is InChI=1S/C20H19N3O6S2/c1-15-5-7-18(8-6-15)22-31(28,29)20-11-9-17(10-12-20)21-30(26,27)14-16-3-2-4-19(13-16)23(24)25/h2-13,21-22H,14H2,1H3. The van der Waals surface area contributed by atoms with E-state index in [4.69, 9.17) is 0 Å². The number of nitro groups is 1. The normalized spacial score (nSPS) is 11.6. The van der Waals surface area contributed by atoms with Gasteiger partial charge in [-0.3, -0.25) is 19.6 Å². The van der Waals surface area contributed by atoms with Gasteiger partial charge in [-0.1, -0.05) is 29.8 Å². The van der Waals surface area contributed by atoms with Crippen molar-refractivity contribution < 1.29 is 21.8 Å². The summed E-state index contributed by atoms with van der Waals surface area (Å²) in [5.74, 6) is -0.469. The second-order valence-corrected chi connectivity index (χ2v) is 10.2. The van der Waals surface area contributed by atoms with E-state index in [1.165, 1.54) is 48.5 Å². The summed E-state index contributed by atoms with van der Waals surface area (Å²) in [6.45, 7) is 1.89. The summed E-state index contributed by atoms with van der Waals surface area (Å²) in [5.41, 5.74) is 1.61. The van der Waals surface area contributed by atoms with Crippen LogP contribution in [0.3, 0.4) is 0 Å². The second kappa shape index (κ2) is 8.74. The van der Waals surface area contributed by atoms with Crippen LogP contribution in [0.15, 0.2) is 77.7 Å². The zero-order chi connectivity index (χ0) is 22.6. The van der Waals surface area contributed by atoms with Crippen LogP contribution in [-0.4, -0.2) is 21.8 Å². The largest absolute Gasteiger partial charge is 0.283 e. The molecule has 0 heterocycles. The average molecular weight is 462 g/mol. The highest BCUT2D eigenvalue weighted by molar-refractivity contribution is 7.92. The number of hydrogen-bond acceptors (Lipinski definition) is 6. The molecule has 0 saturated heterocycles. The van der Waals surface area contributed by atoms with Crippen LogP contribution in [-0.2, 0) is 25.8 Å². The van der Waals surface area contributed by atoms with Gasteiger partial charge < -0.3 is 0 Å². The number of sulfonamides is 2. The molecule has 0 aliphatic carbocycles. The number of nitro benzene ring substituents is 1. The summed E-state index contributed by atoms with van der Waals surface area (Å²) in [4.78, 5) is 10.2. The Morgan fingerprint density at radius 3 is 2.03 bits per heavy atom. The highest BCUT2D eigenvalue weighted by Crippen LogP contribution is 2.21. The van der Waals surface area contributed by atoms with Crippen molar-refractivity contribution in [1.82, 2.24) is 0 Å². The molecule has 0 spiro atoms. The van der Waals surface area contributed by atoms with Gasteiger partial charge in [-0.15, -0.1) is 0 Å². The molecule has 0 fully saturated rings. The van der Waals surface area contributed by atoms with Gasteiger partial charge in [0, 0.05) is 23.5 Å². The van der Waals surface area contributed by atoms with Crippen LogP contribution < -0.4 is 9.44 Å². The van der Waals surface area contributed by atoms with E-state index in [-0.39, 0.29) is 21.8 Å². The van der Waals surface area contributed by atoms with Crippen LogP contribution in [0.4, 0.5) is 17.1 Å². The van der Waals surface area contributed by atoms with Crippen LogP contribution in [0.25, 0.3) is 0 Å². The van der Waals surface area contributed by atoms with Gasteiger partial charge in [0.15, 0.2) is 0 Å². The first kappa shape index (κ1) is 22.2. The minimum atomic E-state index is -3.87. The molecule has 0 saturated carbocycles. The van der Waals surface area contributed by atoms with E-state index < -0.39 is 30.7 Å². The zero-order valence-corrected chi connectivity index (χ0v) is 18.0. The third kappa shape index (κ3) is 6.03. The Hall–Kier alpha value is -3.44. The van der Waals surface area contributed by atoms with Crippen molar-refractivity contribution in [3.05, 3.63) is 94.0 Å². The fraction of sp³-hybridized carbons (Fsp3) is 0.100. The highest BCUT2D eigenvalue weighted by Gasteiger charge is 2.17. The Morgan fingerprint density at radius 2 is 1.42 bits per heavy atom. The van der Waals surface area contributed by atoms with Crippen LogP contribution in [0.1, 0.15) is 11.1 Å². The number of nitrogens with zero attached hydrogens (tertiary/aromatic N) is 1. The molecule has 31 heavy (non-hydrogen) atoms. The summed E-state index contributed by atoms with van der Waals surface area (Å²) in [6, 6.07) is 17.4. The van der Waals surface area contributed by atoms with Gasteiger partial charge in [-0.25, -0.2) is 16.8 Å². The first-order chi connectivity index (χ1) is 14.5. The van der Waals surface area contributed by atoms with E-state index in [0.29, 0.717) is 5.69 Å². The molecule has 11 heteroatoms. The molecule has 0 unspecified atom stereocenters. The molecular weight excluding hydrogens is 442 g/mol. The fourth-order valence-corrected chi connectivity index (χ4v) is 4.98. The van der Waals surface area contributed by atoms with Crippen LogP contribution in [0, 0.1) is 17.0 Å². The van der Waals surface area contributed by atoms with E-state index in [1.54, 1.807) is 24.3 Å². The number of benzene rings is 3. The smallest absolute Gasteiger partial charge is 0.269 e. The molecule has 9 nitrogen and oxygen atoms in total. The molecule has 0 atom stereocenters. The van der Waals surface area contributed by atoms with Crippen molar-refractivity contribution in [2.75, 3.05) is 9.44 Å². The number of hydrogen-bond donors (Lipinski definition) is 2. The molecule has 0 aliphatic heterocycles. The average Bonchev–Trinajstić information content (AvgIpc) is 2.69. The lowest BCUT2D eigenvalue weighted by Crippen LogP contribution is -2.16. The summed E-state index contributed by atoms with van der Waals surface area (Å²) in [5, 5.41) is 10.8. The van der Waals surface area contributed by atoms with Crippen molar-refractivity contribution in [3.8, 4) is 0 Å². The maximum Gasteiger partial charge on any atom is 0.269 e. The van der Waals surface area contributed by atoms with Crippen molar-refractivity contribution in [3.63, 3.8) is 0 Å². The van der Waals surface area contributed by atoms with Crippen molar-refractivity contribution >= 4 is 37.1 Å². The van der Waals surface area contributed by atoms with Gasteiger partial charge in [-0.2, -0.15) is 0 Å². The maximum atomic E-state index is 12.5. The number of nitrogens with one attached hydrogen (secondary N) is 2. The van der Waals surface area contributed by atoms with Crippen LogP contribution in [0.2, 0.25) is 0 Å². The summed E-state index contributed by atoms with van der Waals surface area (Å²) in [7, 11) is -7.71. The van der Waals surface area contributed by atoms with E-state index in [1.807, 2.05) is 6.92 Å². The predicted molar refractivity (Wildman–Crippen MR) is 118 cm³/mol. The quantitative estimate of drug-likeness (QED) is 0.388. The Morgan fingerprint density at radius 1 is 0.839 bits per heavy atom. The number of anilines is 2. The van der Waals surface area contributed by atoms with Gasteiger partial charge >= 0.3 is 0 Å². The van der Waals surface area contributed by atoms with Crippen molar-refractivity contribution in [2.45, 2.75) is 17.6 Å². The number of aryl methyl sites for hydroxylation is 1. The van der Waals surface area contributed by atoms with Gasteiger partial charge in [0.25, 0.3) is 15.7 Å². The maximum absolute atomic E-state index is 12.5. The molecule has 3 aromatic rings. The van der Waals surface area contributed by atoms with E-state index in [9.17, 15) is 26.9 Å². The SMILES string of the molecule is Cc1ccc(NS(=O)(=O)c2ccc(NS(=O)(=O)Cc3cccc([N+](=O)[O-])c3)cc2)cc1. The Kier molecular flexibility index (Phi) is 6.27. The summed E-state index contributed by atoms with van der Waals surface area (Å²) >= 11 is 0. The minimum absolute atomic E-state index is 0.0327. The first-order valence-electron chi connectivity index (χ1n) is 8.97. The number of non-ortho nitro benzene ring substituents is 1. The lowest BCUT2D eigenvalue weighted by molar-refractivity contribution is -0.384. The Labute approximate surface area is 180 Å². The topological polar surface area (TPSA) is 135 Å². The number of rotatable bonds is 8. The van der Waals surface area contributed by atoms with Crippen LogP contribution >= 0.6 is 0 Å². The van der Waals surface area contributed by atoms with Crippen molar-refractivity contribution in [2.24, 2.45) is 0 Å². The zero-order valence-electron chi connectivity index (χ0n) is 16.3. The van der Waals surface area contributed by atoms with Gasteiger partial charge in [0.1, 0.15) is 0 Å². The third-order valence-corrected chi connectivity index (χ3v) is 6.88. The van der Waals surface area contributed by atoms with E-state index in [2.05, 4.69) is 9.44 Å². The van der Waals surface area contributed by atoms with E-state index >= 15 is 0 Å². The van der Waals surface area contributed by atoms with Gasteiger partial charge in [0.2, 0.25) is 10.0 Å².